The first-order valence-electron chi connectivity index (χ1n) is 5.72. The first-order valence-corrected chi connectivity index (χ1v) is 8.21. The van der Waals surface area contributed by atoms with Crippen LogP contribution in [0.25, 0.3) is 0 Å². The van der Waals surface area contributed by atoms with Crippen molar-refractivity contribution in [1.29, 1.82) is 0 Å². The number of carbonyl (C=O) groups is 1. The number of alkyl halides is 3. The molecule has 0 aliphatic rings. The van der Waals surface area contributed by atoms with Crippen LogP contribution in [-0.2, 0) is 14.9 Å². The van der Waals surface area contributed by atoms with Gasteiger partial charge in [0.25, 0.3) is 5.88 Å². The predicted octanol–water partition coefficient (Wildman–Crippen LogP) is 2.90. The Morgan fingerprint density at radius 2 is 1.86 bits per heavy atom. The molecule has 0 atom stereocenters. The smallest absolute Gasteiger partial charge is 0.353 e. The van der Waals surface area contributed by atoms with Crippen LogP contribution in [0.15, 0.2) is 12.3 Å². The fraction of sp³-hybridized carbons (Fsp3) is 0.455. The molecule has 11 heteroatoms. The average molecular weight is 452 g/mol. The van der Waals surface area contributed by atoms with Crippen LogP contribution in [0.2, 0.25) is 0 Å². The van der Waals surface area contributed by atoms with E-state index in [9.17, 15) is 26.4 Å². The normalized spacial score (nSPS) is 12.9. The Hall–Kier alpha value is -1.11. The van der Waals surface area contributed by atoms with E-state index >= 15 is 0 Å². The summed E-state index contributed by atoms with van der Waals surface area (Å²) in [6.07, 6.45) is 1.07. The number of rotatable bonds is 3. The molecule has 6 nitrogen and oxygen atoms in total. The minimum Gasteiger partial charge on any atom is -0.353 e. The summed E-state index contributed by atoms with van der Waals surface area (Å²) in [5, 5.41) is 2.33. The van der Waals surface area contributed by atoms with Crippen LogP contribution < -0.4 is 9.50 Å². The molecule has 22 heavy (non-hydrogen) atoms. The number of hydrogen-bond acceptors (Lipinski definition) is 5. The van der Waals surface area contributed by atoms with Gasteiger partial charge in [0.1, 0.15) is 5.69 Å². The second-order valence-corrected chi connectivity index (χ2v) is 7.86. The van der Waals surface area contributed by atoms with Crippen molar-refractivity contribution in [3.63, 3.8) is 0 Å². The van der Waals surface area contributed by atoms with E-state index in [0.717, 1.165) is 6.20 Å². The van der Waals surface area contributed by atoms with Crippen LogP contribution in [0.1, 0.15) is 20.8 Å². The molecule has 1 rings (SSSR count). The molecule has 0 fully saturated rings. The number of amides is 1. The molecule has 0 aliphatic carbocycles. The van der Waals surface area contributed by atoms with Crippen LogP contribution in [0.5, 0.6) is 5.88 Å². The first-order chi connectivity index (χ1) is 9.75. The number of nitrogens with one attached hydrogen (secondary N) is 1. The number of anilines is 1. The van der Waals surface area contributed by atoms with Gasteiger partial charge in [0.2, 0.25) is 5.91 Å². The van der Waals surface area contributed by atoms with Crippen LogP contribution in [0.3, 0.4) is 0 Å². The molecular formula is C11H12F3IN2O4S. The van der Waals surface area contributed by atoms with Gasteiger partial charge in [0.15, 0.2) is 0 Å². The van der Waals surface area contributed by atoms with Crippen LogP contribution >= 0.6 is 22.6 Å². The number of halogens is 4. The van der Waals surface area contributed by atoms with E-state index in [1.165, 1.54) is 6.07 Å². The highest BCUT2D eigenvalue weighted by Gasteiger charge is 2.49. The van der Waals surface area contributed by atoms with Crippen molar-refractivity contribution < 1.29 is 30.6 Å². The molecule has 0 aromatic carbocycles. The van der Waals surface area contributed by atoms with Gasteiger partial charge in [-0.25, -0.2) is 4.98 Å². The van der Waals surface area contributed by atoms with Gasteiger partial charge in [-0.1, -0.05) is 20.8 Å². The molecule has 1 heterocycles. The summed E-state index contributed by atoms with van der Waals surface area (Å²) < 4.78 is 63.5. The molecule has 0 spiro atoms. The standard InChI is InChI=1S/C11H12F3IN2O4S/c1-10(2,3)9(18)17-7-6(15)4-5-16-8(7)21-22(19,20)11(12,13)14/h4-5H,1-3H3,(H,17,18). The summed E-state index contributed by atoms with van der Waals surface area (Å²) in [7, 11) is -5.88. The fourth-order valence-corrected chi connectivity index (χ4v) is 2.00. The first kappa shape index (κ1) is 18.9. The lowest BCUT2D eigenvalue weighted by Gasteiger charge is -2.19. The maximum Gasteiger partial charge on any atom is 0.534 e. The van der Waals surface area contributed by atoms with E-state index in [-0.39, 0.29) is 9.26 Å². The average Bonchev–Trinajstić information content (AvgIpc) is 2.30. The Morgan fingerprint density at radius 1 is 1.32 bits per heavy atom. The minimum absolute atomic E-state index is 0.240. The molecule has 0 aliphatic heterocycles. The van der Waals surface area contributed by atoms with E-state index in [2.05, 4.69) is 14.5 Å². The highest BCUT2D eigenvalue weighted by molar-refractivity contribution is 14.1. The SMILES string of the molecule is CC(C)(C)C(=O)Nc1c(I)ccnc1OS(=O)(=O)C(F)(F)F. The van der Waals surface area contributed by atoms with Gasteiger partial charge in [-0.2, -0.15) is 21.6 Å². The Morgan fingerprint density at radius 3 is 2.32 bits per heavy atom. The van der Waals surface area contributed by atoms with Crippen molar-refractivity contribution in [2.75, 3.05) is 5.32 Å². The number of nitrogens with zero attached hydrogens (tertiary/aromatic N) is 1. The van der Waals surface area contributed by atoms with E-state index in [1.807, 2.05) is 0 Å². The molecule has 1 aromatic rings. The number of hydrogen-bond donors (Lipinski definition) is 1. The summed E-state index contributed by atoms with van der Waals surface area (Å²) in [5.41, 5.74) is -6.68. The molecule has 0 radical (unpaired) electrons. The Kier molecular flexibility index (Phi) is 5.32. The van der Waals surface area contributed by atoms with E-state index < -0.39 is 32.8 Å². The van der Waals surface area contributed by atoms with Crippen molar-refractivity contribution >= 4 is 44.3 Å². The molecular weight excluding hydrogens is 440 g/mol. The van der Waals surface area contributed by atoms with Crippen LogP contribution in [0, 0.1) is 8.99 Å². The number of carbonyl (C=O) groups excluding carboxylic acids is 1. The van der Waals surface area contributed by atoms with Gasteiger partial charge in [-0.15, -0.1) is 0 Å². The highest BCUT2D eigenvalue weighted by Crippen LogP contribution is 2.33. The summed E-state index contributed by atoms with van der Waals surface area (Å²) in [6.45, 7) is 4.75. The van der Waals surface area contributed by atoms with Gasteiger partial charge in [-0.05, 0) is 28.7 Å². The van der Waals surface area contributed by atoms with Crippen molar-refractivity contribution in [3.8, 4) is 5.88 Å². The Bertz CT molecular complexity index is 684. The largest absolute Gasteiger partial charge is 0.534 e. The van der Waals surface area contributed by atoms with Crippen molar-refractivity contribution in [1.82, 2.24) is 4.98 Å². The monoisotopic (exact) mass is 452 g/mol. The maximum atomic E-state index is 12.4. The fourth-order valence-electron chi connectivity index (χ4n) is 1.05. The topological polar surface area (TPSA) is 85.4 Å². The second-order valence-electron chi connectivity index (χ2n) is 5.16. The van der Waals surface area contributed by atoms with Crippen molar-refractivity contribution in [2.24, 2.45) is 5.41 Å². The van der Waals surface area contributed by atoms with E-state index in [0.29, 0.717) is 0 Å². The van der Waals surface area contributed by atoms with Crippen LogP contribution in [0.4, 0.5) is 18.9 Å². The zero-order valence-corrected chi connectivity index (χ0v) is 14.6. The highest BCUT2D eigenvalue weighted by atomic mass is 127. The van der Waals surface area contributed by atoms with Crippen molar-refractivity contribution in [3.05, 3.63) is 15.8 Å². The molecule has 0 saturated heterocycles. The third kappa shape index (κ3) is 4.44. The summed E-state index contributed by atoms with van der Waals surface area (Å²) in [5.74, 6) is -1.38. The van der Waals surface area contributed by atoms with E-state index in [1.54, 1.807) is 43.4 Å². The zero-order valence-electron chi connectivity index (χ0n) is 11.7. The lowest BCUT2D eigenvalue weighted by atomic mass is 9.95. The molecule has 0 unspecified atom stereocenters. The molecule has 1 amide bonds. The number of aromatic nitrogens is 1. The summed E-state index contributed by atoms with van der Waals surface area (Å²) >= 11 is 1.71. The Balaban J connectivity index is 3.24. The molecule has 0 saturated carbocycles. The predicted molar refractivity (Wildman–Crippen MR) is 80.6 cm³/mol. The third-order valence-electron chi connectivity index (χ3n) is 2.26. The summed E-state index contributed by atoms with van der Waals surface area (Å²) in [4.78, 5) is 15.4. The zero-order chi connectivity index (χ0) is 17.3. The quantitative estimate of drug-likeness (QED) is 0.433. The minimum atomic E-state index is -5.88. The van der Waals surface area contributed by atoms with E-state index in [4.69, 9.17) is 0 Å². The maximum absolute atomic E-state index is 12.4. The van der Waals surface area contributed by atoms with Gasteiger partial charge in [0.05, 0.1) is 0 Å². The van der Waals surface area contributed by atoms with Gasteiger partial charge >= 0.3 is 15.6 Å². The second kappa shape index (κ2) is 6.18. The molecule has 0 bridgehead atoms. The molecule has 1 aromatic heterocycles. The summed E-state index contributed by atoms with van der Waals surface area (Å²) in [6, 6.07) is 1.38. The van der Waals surface area contributed by atoms with Gasteiger partial charge in [0, 0.05) is 15.2 Å². The number of pyridine rings is 1. The van der Waals surface area contributed by atoms with Gasteiger partial charge in [-0.3, -0.25) is 4.79 Å². The Labute approximate surface area is 138 Å². The third-order valence-corrected chi connectivity index (χ3v) is 4.10. The lowest BCUT2D eigenvalue weighted by Crippen LogP contribution is -2.30. The molecule has 1 N–H and O–H groups in total. The van der Waals surface area contributed by atoms with Crippen LogP contribution in [-0.4, -0.2) is 24.8 Å². The molecule has 124 valence electrons. The lowest BCUT2D eigenvalue weighted by molar-refractivity contribution is -0.123. The van der Waals surface area contributed by atoms with Gasteiger partial charge < -0.3 is 9.50 Å². The van der Waals surface area contributed by atoms with Crippen molar-refractivity contribution in [2.45, 2.75) is 26.3 Å².